The number of aromatic nitrogens is 1. The van der Waals surface area contributed by atoms with Crippen LogP contribution < -0.4 is 15.4 Å². The normalized spacial score (nSPS) is 14.4. The van der Waals surface area contributed by atoms with Crippen LogP contribution in [0.4, 0.5) is 5.69 Å². The number of aliphatic imine (C=N–C) groups is 1. The van der Waals surface area contributed by atoms with E-state index in [4.69, 9.17) is 9.47 Å². The molecule has 35 heavy (non-hydrogen) atoms. The van der Waals surface area contributed by atoms with Crippen LogP contribution in [-0.2, 0) is 17.8 Å². The smallest absolute Gasteiger partial charge is 0.257 e. The van der Waals surface area contributed by atoms with Gasteiger partial charge in [-0.05, 0) is 60.0 Å². The van der Waals surface area contributed by atoms with Crippen molar-refractivity contribution >= 4 is 17.6 Å². The number of benzene rings is 2. The predicted octanol–water partition coefficient (Wildman–Crippen LogP) is 3.63. The molecule has 0 aliphatic carbocycles. The van der Waals surface area contributed by atoms with Gasteiger partial charge in [0.05, 0.1) is 32.6 Å². The highest BCUT2D eigenvalue weighted by molar-refractivity contribution is 6.10. The lowest BCUT2D eigenvalue weighted by Crippen LogP contribution is -2.36. The van der Waals surface area contributed by atoms with Gasteiger partial charge in [0.1, 0.15) is 5.75 Å². The highest BCUT2D eigenvalue weighted by Gasteiger charge is 2.14. The van der Waals surface area contributed by atoms with Crippen LogP contribution in [0.5, 0.6) is 5.75 Å². The fraction of sp³-hybridized carbons (Fsp3) is 0.296. The number of amides is 1. The molecule has 1 aromatic heterocycles. The number of ether oxygens (including phenoxy) is 2. The molecule has 0 atom stereocenters. The van der Waals surface area contributed by atoms with Crippen LogP contribution in [0.3, 0.4) is 0 Å². The maximum atomic E-state index is 13.1. The van der Waals surface area contributed by atoms with Gasteiger partial charge in [-0.25, -0.2) is 4.99 Å². The molecule has 182 valence electrons. The Hall–Kier alpha value is -3.75. The highest BCUT2D eigenvalue weighted by Crippen LogP contribution is 2.25. The Morgan fingerprint density at radius 1 is 1.06 bits per heavy atom. The lowest BCUT2D eigenvalue weighted by atomic mass is 10.1. The highest BCUT2D eigenvalue weighted by atomic mass is 16.5. The molecule has 2 heterocycles. The Bertz CT molecular complexity index is 1140. The number of hydrogen-bond acceptors (Lipinski definition) is 6. The molecule has 1 amide bonds. The number of morpholine rings is 1. The van der Waals surface area contributed by atoms with E-state index in [1.807, 2.05) is 61.5 Å². The average Bonchev–Trinajstić information content (AvgIpc) is 2.89. The first-order valence-electron chi connectivity index (χ1n) is 11.7. The van der Waals surface area contributed by atoms with E-state index in [-0.39, 0.29) is 5.91 Å². The summed E-state index contributed by atoms with van der Waals surface area (Å²) in [6.07, 6.45) is 3.44. The Balaban J connectivity index is 1.48. The number of guanidine groups is 1. The van der Waals surface area contributed by atoms with Crippen molar-refractivity contribution < 1.29 is 14.3 Å². The summed E-state index contributed by atoms with van der Waals surface area (Å²) in [5.41, 5.74) is 4.49. The number of hydrogen-bond donors (Lipinski definition) is 2. The molecular formula is C27H31N5O3. The van der Waals surface area contributed by atoms with Gasteiger partial charge in [0.15, 0.2) is 0 Å². The predicted molar refractivity (Wildman–Crippen MR) is 137 cm³/mol. The maximum Gasteiger partial charge on any atom is 0.257 e. The zero-order valence-electron chi connectivity index (χ0n) is 20.2. The van der Waals surface area contributed by atoms with Crippen molar-refractivity contribution in [1.82, 2.24) is 15.2 Å². The third kappa shape index (κ3) is 7.11. The van der Waals surface area contributed by atoms with Crippen LogP contribution in [0.1, 0.15) is 27.0 Å². The molecule has 8 nitrogen and oxygen atoms in total. The van der Waals surface area contributed by atoms with Gasteiger partial charge in [-0.2, -0.15) is 0 Å². The second-order valence-electron chi connectivity index (χ2n) is 8.39. The largest absolute Gasteiger partial charge is 0.495 e. The minimum atomic E-state index is -0.240. The number of nitrogens with zero attached hydrogens (tertiary/aromatic N) is 3. The van der Waals surface area contributed by atoms with E-state index in [9.17, 15) is 4.79 Å². The van der Waals surface area contributed by atoms with Crippen LogP contribution in [-0.4, -0.2) is 55.2 Å². The van der Waals surface area contributed by atoms with E-state index in [1.54, 1.807) is 19.5 Å². The second kappa shape index (κ2) is 12.1. The minimum Gasteiger partial charge on any atom is -0.495 e. The van der Waals surface area contributed by atoms with E-state index < -0.39 is 0 Å². The molecule has 1 aliphatic heterocycles. The van der Waals surface area contributed by atoms with Crippen LogP contribution in [0.15, 0.2) is 72.0 Å². The van der Waals surface area contributed by atoms with Crippen molar-refractivity contribution in [3.63, 3.8) is 0 Å². The number of anilines is 1. The summed E-state index contributed by atoms with van der Waals surface area (Å²) in [6, 6.07) is 17.3. The number of carbonyl (C=O) groups is 1. The molecule has 0 bridgehead atoms. The maximum absolute atomic E-state index is 13.1. The van der Waals surface area contributed by atoms with E-state index >= 15 is 0 Å². The summed E-state index contributed by atoms with van der Waals surface area (Å²) in [4.78, 5) is 24.1. The quantitative estimate of drug-likeness (QED) is 0.403. The van der Waals surface area contributed by atoms with Crippen molar-refractivity contribution in [3.05, 3.63) is 89.2 Å². The van der Waals surface area contributed by atoms with Crippen LogP contribution >= 0.6 is 0 Å². The first-order valence-corrected chi connectivity index (χ1v) is 11.7. The second-order valence-corrected chi connectivity index (χ2v) is 8.39. The topological polar surface area (TPSA) is 88.1 Å². The Morgan fingerprint density at radius 3 is 2.51 bits per heavy atom. The van der Waals surface area contributed by atoms with Gasteiger partial charge in [-0.1, -0.05) is 18.2 Å². The fourth-order valence-corrected chi connectivity index (χ4v) is 3.77. The van der Waals surface area contributed by atoms with Crippen molar-refractivity contribution in [2.75, 3.05) is 38.7 Å². The molecule has 0 radical (unpaired) electrons. The molecule has 8 heteroatoms. The molecule has 2 N–H and O–H groups in total. The fourth-order valence-electron chi connectivity index (χ4n) is 3.77. The Labute approximate surface area is 206 Å². The van der Waals surface area contributed by atoms with Crippen molar-refractivity contribution in [1.29, 1.82) is 0 Å². The number of nitrogens with one attached hydrogen (secondary N) is 2. The molecule has 1 saturated heterocycles. The van der Waals surface area contributed by atoms with E-state index in [0.29, 0.717) is 23.8 Å². The van der Waals surface area contributed by atoms with Gasteiger partial charge in [0.2, 0.25) is 5.96 Å². The summed E-state index contributed by atoms with van der Waals surface area (Å²) in [6.45, 7) is 6.61. The monoisotopic (exact) mass is 473 g/mol. The number of methoxy groups -OCH3 is 1. The van der Waals surface area contributed by atoms with E-state index in [1.165, 1.54) is 0 Å². The molecule has 0 spiro atoms. The lowest BCUT2D eigenvalue weighted by molar-refractivity contribution is 0.0342. The van der Waals surface area contributed by atoms with Gasteiger partial charge < -0.3 is 14.8 Å². The number of aryl methyl sites for hydroxylation is 1. The molecule has 2 aromatic carbocycles. The van der Waals surface area contributed by atoms with Crippen LogP contribution in [0.25, 0.3) is 0 Å². The average molecular weight is 474 g/mol. The Morgan fingerprint density at radius 2 is 1.80 bits per heavy atom. The molecule has 1 fully saturated rings. The molecule has 0 unspecified atom stereocenters. The van der Waals surface area contributed by atoms with E-state index in [2.05, 4.69) is 25.5 Å². The zero-order valence-corrected chi connectivity index (χ0v) is 20.2. The molecule has 3 aromatic rings. The summed E-state index contributed by atoms with van der Waals surface area (Å²) in [5, 5.41) is 6.16. The van der Waals surface area contributed by atoms with Gasteiger partial charge >= 0.3 is 0 Å². The molecule has 1 aliphatic rings. The summed E-state index contributed by atoms with van der Waals surface area (Å²) < 4.78 is 10.9. The SMILES string of the molecule is COc1ccc(C)cc1NC(=NCc1ccncc1)NC(=O)c1ccc(CN2CCOCC2)cc1. The number of pyridine rings is 1. The van der Waals surface area contributed by atoms with Gasteiger partial charge in [-0.15, -0.1) is 0 Å². The van der Waals surface area contributed by atoms with Gasteiger partial charge in [0, 0.05) is 37.6 Å². The third-order valence-electron chi connectivity index (χ3n) is 5.74. The summed E-state index contributed by atoms with van der Waals surface area (Å²) in [5.74, 6) is 0.762. The standard InChI is InChI=1S/C27H31N5O3/c1-20-3-8-25(34-2)24(17-20)30-27(29-18-21-9-11-28-12-10-21)31-26(33)23-6-4-22(5-7-23)19-32-13-15-35-16-14-32/h3-12,17H,13-16,18-19H2,1-2H3,(H2,29,30,31,33). The zero-order chi connectivity index (χ0) is 24.5. The van der Waals surface area contributed by atoms with Crippen molar-refractivity contribution in [2.24, 2.45) is 4.99 Å². The van der Waals surface area contributed by atoms with Gasteiger partial charge in [-0.3, -0.25) is 20.0 Å². The molecule has 4 rings (SSSR count). The Kier molecular flexibility index (Phi) is 8.43. The van der Waals surface area contributed by atoms with Crippen LogP contribution in [0, 0.1) is 6.92 Å². The van der Waals surface area contributed by atoms with Crippen molar-refractivity contribution in [3.8, 4) is 5.75 Å². The van der Waals surface area contributed by atoms with Crippen molar-refractivity contribution in [2.45, 2.75) is 20.0 Å². The summed E-state index contributed by atoms with van der Waals surface area (Å²) in [7, 11) is 1.61. The lowest BCUT2D eigenvalue weighted by Gasteiger charge is -2.26. The third-order valence-corrected chi connectivity index (χ3v) is 5.74. The number of rotatable bonds is 7. The molecule has 0 saturated carbocycles. The number of carbonyl (C=O) groups excluding carboxylic acids is 1. The summed E-state index contributed by atoms with van der Waals surface area (Å²) >= 11 is 0. The first-order chi connectivity index (χ1) is 17.1. The van der Waals surface area contributed by atoms with E-state index in [0.717, 1.165) is 55.2 Å². The van der Waals surface area contributed by atoms with Crippen LogP contribution in [0.2, 0.25) is 0 Å². The minimum absolute atomic E-state index is 0.240. The molecular weight excluding hydrogens is 442 g/mol. The first kappa shape index (κ1) is 24.4. The van der Waals surface area contributed by atoms with Gasteiger partial charge in [0.25, 0.3) is 5.91 Å².